The van der Waals surface area contributed by atoms with E-state index in [2.05, 4.69) is 43.7 Å². The van der Waals surface area contributed by atoms with Gasteiger partial charge in [-0.25, -0.2) is 4.98 Å². The minimum atomic E-state index is -1.18. The van der Waals surface area contributed by atoms with Crippen molar-refractivity contribution in [3.05, 3.63) is 68.8 Å². The number of aromatic amines is 2. The fourth-order valence-electron chi connectivity index (χ4n) is 7.32. The number of nitrogens with one attached hydrogen (secondary N) is 2. The van der Waals surface area contributed by atoms with Crippen LogP contribution in [0.1, 0.15) is 120 Å². The van der Waals surface area contributed by atoms with Crippen LogP contribution in [0.4, 0.5) is 0 Å². The van der Waals surface area contributed by atoms with E-state index in [9.17, 15) is 19.5 Å². The second-order valence-electron chi connectivity index (χ2n) is 12.1. The molecule has 5 heterocycles. The van der Waals surface area contributed by atoms with Crippen LogP contribution in [-0.2, 0) is 20.7 Å². The highest BCUT2D eigenvalue weighted by Gasteiger charge is 2.45. The number of ether oxygens (including phenoxy) is 1. The molecule has 8 bridgehead atoms. The van der Waals surface area contributed by atoms with Crippen molar-refractivity contribution in [3.8, 4) is 0 Å². The Hall–Kier alpha value is -4.53. The largest absolute Gasteiger partial charge is 0.481 e. The summed E-state index contributed by atoms with van der Waals surface area (Å²) in [6.45, 7) is 12.3. The van der Waals surface area contributed by atoms with Gasteiger partial charge in [0.05, 0.1) is 29.7 Å². The number of carbonyl (C=O) groups excluding carboxylic acids is 2. The number of ketones is 1. The van der Waals surface area contributed by atoms with Crippen molar-refractivity contribution < 1.29 is 24.2 Å². The van der Waals surface area contributed by atoms with Crippen molar-refractivity contribution >= 4 is 50.9 Å². The van der Waals surface area contributed by atoms with E-state index in [4.69, 9.17) is 14.7 Å². The van der Waals surface area contributed by atoms with E-state index >= 15 is 0 Å². The van der Waals surface area contributed by atoms with Crippen molar-refractivity contribution in [1.82, 2.24) is 19.9 Å². The number of hydrogen-bond acceptors (Lipinski definition) is 6. The molecule has 0 fully saturated rings. The van der Waals surface area contributed by atoms with Gasteiger partial charge in [-0.05, 0) is 86.1 Å². The van der Waals surface area contributed by atoms with Gasteiger partial charge in [0.2, 0.25) is 0 Å². The second-order valence-corrected chi connectivity index (χ2v) is 12.1. The fourth-order valence-corrected chi connectivity index (χ4v) is 7.32. The lowest BCUT2D eigenvalue weighted by Crippen LogP contribution is -2.21. The maximum Gasteiger partial charge on any atom is 0.321 e. The van der Waals surface area contributed by atoms with E-state index in [0.29, 0.717) is 28.8 Å². The lowest BCUT2D eigenvalue weighted by Gasteiger charge is -2.18. The van der Waals surface area contributed by atoms with Crippen LogP contribution in [0.15, 0.2) is 18.2 Å². The number of methoxy groups -OCH3 is 1. The summed E-state index contributed by atoms with van der Waals surface area (Å²) in [7, 11) is 1.28. The molecule has 228 valence electrons. The van der Waals surface area contributed by atoms with Crippen molar-refractivity contribution in [2.45, 2.75) is 85.0 Å². The molecule has 9 heteroatoms. The molecule has 3 unspecified atom stereocenters. The van der Waals surface area contributed by atoms with Crippen molar-refractivity contribution in [3.63, 3.8) is 0 Å². The number of aliphatic carboxylic acids is 1. The van der Waals surface area contributed by atoms with Gasteiger partial charge in [-0.2, -0.15) is 0 Å². The third-order valence-corrected chi connectivity index (χ3v) is 9.81. The molecule has 6 rings (SSSR count). The molecule has 3 N–H and O–H groups in total. The Morgan fingerprint density at radius 1 is 0.955 bits per heavy atom. The van der Waals surface area contributed by atoms with Crippen LogP contribution in [-0.4, -0.2) is 49.9 Å². The Morgan fingerprint density at radius 3 is 2.32 bits per heavy atom. The van der Waals surface area contributed by atoms with Gasteiger partial charge in [-0.1, -0.05) is 20.8 Å². The minimum Gasteiger partial charge on any atom is -0.481 e. The number of H-pyrrole nitrogens is 2. The average molecular weight is 595 g/mol. The molecule has 0 aromatic carbocycles. The summed E-state index contributed by atoms with van der Waals surface area (Å²) in [5, 5.41) is 9.61. The summed E-state index contributed by atoms with van der Waals surface area (Å²) in [4.78, 5) is 56.2. The van der Waals surface area contributed by atoms with Gasteiger partial charge in [0.15, 0.2) is 5.78 Å². The first-order valence-electron chi connectivity index (χ1n) is 15.3. The van der Waals surface area contributed by atoms with E-state index in [1.165, 1.54) is 12.7 Å². The molecule has 0 amide bonds. The van der Waals surface area contributed by atoms with Crippen LogP contribution in [0.2, 0.25) is 0 Å². The fraction of sp³-hybridized carbons (Fsp3) is 0.400. The average Bonchev–Trinajstić information content (AvgIpc) is 3.72. The van der Waals surface area contributed by atoms with Crippen LogP contribution in [0.25, 0.3) is 33.2 Å². The highest BCUT2D eigenvalue weighted by atomic mass is 16.5. The third kappa shape index (κ3) is 4.40. The molecule has 0 spiro atoms. The summed E-state index contributed by atoms with van der Waals surface area (Å²) in [5.74, 6) is -3.55. The molecule has 0 radical (unpaired) electrons. The number of aryl methyl sites for hydroxylation is 3. The lowest BCUT2D eigenvalue weighted by atomic mass is 9.84. The Bertz CT molecular complexity index is 1960. The summed E-state index contributed by atoms with van der Waals surface area (Å²) in [6, 6.07) is 6.13. The summed E-state index contributed by atoms with van der Waals surface area (Å²) in [6.07, 6.45) is 1.87. The molecule has 2 aliphatic heterocycles. The molecule has 1 aliphatic carbocycles. The number of rotatable bonds is 6. The van der Waals surface area contributed by atoms with Crippen LogP contribution in [0.3, 0.4) is 0 Å². The molecule has 3 atom stereocenters. The first-order chi connectivity index (χ1) is 21.0. The zero-order chi connectivity index (χ0) is 31.6. The van der Waals surface area contributed by atoms with Gasteiger partial charge in [0.25, 0.3) is 0 Å². The van der Waals surface area contributed by atoms with Crippen molar-refractivity contribution in [2.75, 3.05) is 7.11 Å². The third-order valence-electron chi connectivity index (χ3n) is 9.81. The number of esters is 1. The van der Waals surface area contributed by atoms with Gasteiger partial charge in [-0.3, -0.25) is 19.4 Å². The highest BCUT2D eigenvalue weighted by molar-refractivity contribution is 6.23. The number of allylic oxidation sites excluding steroid dienone is 2. The second kappa shape index (κ2) is 10.9. The van der Waals surface area contributed by atoms with Crippen LogP contribution < -0.4 is 0 Å². The Labute approximate surface area is 255 Å². The first-order valence-corrected chi connectivity index (χ1v) is 15.3. The smallest absolute Gasteiger partial charge is 0.321 e. The van der Waals surface area contributed by atoms with Gasteiger partial charge in [-0.15, -0.1) is 0 Å². The standard InChI is InChI=1S/C35H38N4O5/c1-8-19-15(3)22-12-24-17(5)21(10-11-28(40)41)32(38-24)30-31(35(43)44-7)34(42)29-18(6)25(39-33(29)30)14-27-20(9-2)16(4)23(37-27)13-26(19)36-22/h12-14,17,21,31,36,39H,8-11H2,1-7H3,(H,40,41). The predicted molar refractivity (Wildman–Crippen MR) is 170 cm³/mol. The SMILES string of the molecule is CCC1=C(C)c2cc3[nH]c(cc4nc(c5c6[nH]c(cc1n2)c(C)c6C(=O)C5C(=O)OC)C(CCC(=O)O)C4C)c(C)c3CC. The normalized spacial score (nSPS) is 19.2. The molecule has 0 saturated carbocycles. The maximum absolute atomic E-state index is 14.0. The Morgan fingerprint density at radius 2 is 1.66 bits per heavy atom. The molecule has 9 nitrogen and oxygen atoms in total. The number of carboxylic acid groups (broad SMARTS) is 1. The zero-order valence-corrected chi connectivity index (χ0v) is 26.3. The highest BCUT2D eigenvalue weighted by Crippen LogP contribution is 2.48. The number of hydrogen-bond donors (Lipinski definition) is 3. The molecule has 3 aliphatic rings. The van der Waals surface area contributed by atoms with Crippen molar-refractivity contribution in [2.24, 2.45) is 0 Å². The van der Waals surface area contributed by atoms with Crippen LogP contribution >= 0.6 is 0 Å². The van der Waals surface area contributed by atoms with Crippen LogP contribution in [0.5, 0.6) is 0 Å². The lowest BCUT2D eigenvalue weighted by molar-refractivity contribution is -0.141. The summed E-state index contributed by atoms with van der Waals surface area (Å²) >= 11 is 0. The minimum absolute atomic E-state index is 0.0639. The molecular formula is C35H38N4O5. The van der Waals surface area contributed by atoms with Crippen LogP contribution in [0, 0.1) is 13.8 Å². The molecule has 3 aromatic heterocycles. The van der Waals surface area contributed by atoms with E-state index in [0.717, 1.165) is 68.7 Å². The Balaban J connectivity index is 1.81. The summed E-state index contributed by atoms with van der Waals surface area (Å²) < 4.78 is 5.14. The molecule has 44 heavy (non-hydrogen) atoms. The van der Waals surface area contributed by atoms with E-state index < -0.39 is 17.9 Å². The van der Waals surface area contributed by atoms with E-state index in [-0.39, 0.29) is 24.0 Å². The monoisotopic (exact) mass is 594 g/mol. The number of nitrogens with zero attached hydrogens (tertiary/aromatic N) is 2. The maximum atomic E-state index is 14.0. The van der Waals surface area contributed by atoms with E-state index in [1.54, 1.807) is 0 Å². The molecule has 0 saturated heterocycles. The predicted octanol–water partition coefficient (Wildman–Crippen LogP) is 7.04. The van der Waals surface area contributed by atoms with Gasteiger partial charge in [0.1, 0.15) is 5.92 Å². The molecule has 3 aromatic rings. The number of carbonyl (C=O) groups is 3. The number of Topliss-reactive ketones (excluding diaryl/α,β-unsaturated/α-hetero) is 1. The van der Waals surface area contributed by atoms with Crippen molar-refractivity contribution in [1.29, 1.82) is 0 Å². The topological polar surface area (TPSA) is 138 Å². The first kappa shape index (κ1) is 29.5. The zero-order valence-electron chi connectivity index (χ0n) is 26.3. The van der Waals surface area contributed by atoms with Gasteiger partial charge in [0, 0.05) is 51.6 Å². The van der Waals surface area contributed by atoms with Gasteiger partial charge >= 0.3 is 11.9 Å². The molecular weight excluding hydrogens is 556 g/mol. The number of fused-ring (bicyclic) bond motifs is 8. The quantitative estimate of drug-likeness (QED) is 0.206. The summed E-state index contributed by atoms with van der Waals surface area (Å²) in [5.41, 5.74) is 12.5. The number of carboxylic acids is 1. The Kier molecular flexibility index (Phi) is 7.30. The number of aromatic nitrogens is 4. The van der Waals surface area contributed by atoms with E-state index in [1.807, 2.05) is 26.0 Å². The van der Waals surface area contributed by atoms with Gasteiger partial charge < -0.3 is 19.8 Å².